The van der Waals surface area contributed by atoms with Gasteiger partial charge in [0, 0.05) is 20.1 Å². The van der Waals surface area contributed by atoms with Crippen LogP contribution in [0.1, 0.15) is 34.8 Å². The van der Waals surface area contributed by atoms with E-state index < -0.39 is 5.97 Å². The first kappa shape index (κ1) is 23.7. The first-order chi connectivity index (χ1) is 15.9. The maximum atomic E-state index is 13.7. The SMILES string of the molecule is CCCOc1cccc(C(=O)O)c1/C=C/c1ccc(-c2cc3cc(F)cc(I)c3o2)cc1I. The number of carbonyl (C=O) groups is 1. The highest BCUT2D eigenvalue weighted by Crippen LogP contribution is 2.33. The maximum Gasteiger partial charge on any atom is 0.336 e. The van der Waals surface area contributed by atoms with Gasteiger partial charge in [0.2, 0.25) is 0 Å². The second-order valence-electron chi connectivity index (χ2n) is 7.36. The standard InChI is InChI=1S/C26H19FI2O4/c1-2-10-32-23-5-3-4-20(26(30)31)19(23)9-8-15-6-7-16(12-21(15)28)24-13-17-11-18(27)14-22(29)25(17)33-24/h3-9,11-14H,2,10H2,1H3,(H,30,31)/b9-8+. The van der Waals surface area contributed by atoms with E-state index in [4.69, 9.17) is 9.15 Å². The van der Waals surface area contributed by atoms with Crippen molar-refractivity contribution in [3.63, 3.8) is 0 Å². The second kappa shape index (κ2) is 10.3. The summed E-state index contributed by atoms with van der Waals surface area (Å²) < 4.78 is 27.2. The van der Waals surface area contributed by atoms with Crippen molar-refractivity contribution in [2.24, 2.45) is 0 Å². The number of hydrogen-bond acceptors (Lipinski definition) is 3. The van der Waals surface area contributed by atoms with E-state index in [9.17, 15) is 14.3 Å². The molecule has 1 aromatic heterocycles. The summed E-state index contributed by atoms with van der Waals surface area (Å²) in [5.41, 5.74) is 3.19. The molecule has 4 nitrogen and oxygen atoms in total. The number of carboxylic acid groups (broad SMARTS) is 1. The monoisotopic (exact) mass is 668 g/mol. The first-order valence-electron chi connectivity index (χ1n) is 10.2. The number of aromatic carboxylic acids is 1. The zero-order chi connectivity index (χ0) is 23.5. The van der Waals surface area contributed by atoms with E-state index in [2.05, 4.69) is 45.2 Å². The van der Waals surface area contributed by atoms with Gasteiger partial charge in [-0.1, -0.05) is 31.2 Å². The van der Waals surface area contributed by atoms with E-state index in [1.165, 1.54) is 12.1 Å². The van der Waals surface area contributed by atoms with E-state index in [0.29, 0.717) is 29.3 Å². The predicted octanol–water partition coefficient (Wildman–Crippen LogP) is 8.11. The summed E-state index contributed by atoms with van der Waals surface area (Å²) in [4.78, 5) is 11.7. The van der Waals surface area contributed by atoms with Crippen molar-refractivity contribution >= 4 is 74.3 Å². The van der Waals surface area contributed by atoms with Gasteiger partial charge in [0.15, 0.2) is 0 Å². The molecule has 1 N–H and O–H groups in total. The summed E-state index contributed by atoms with van der Waals surface area (Å²) in [5.74, 6) is -0.0898. The molecule has 7 heteroatoms. The van der Waals surface area contributed by atoms with Gasteiger partial charge in [-0.05, 0) is 99.6 Å². The fourth-order valence-corrected chi connectivity index (χ4v) is 4.86. The van der Waals surface area contributed by atoms with Crippen LogP contribution in [0.3, 0.4) is 0 Å². The van der Waals surface area contributed by atoms with E-state index in [0.717, 1.165) is 30.1 Å². The molecule has 0 saturated carbocycles. The molecule has 0 aliphatic heterocycles. The number of hydrogen-bond donors (Lipinski definition) is 1. The minimum absolute atomic E-state index is 0.190. The van der Waals surface area contributed by atoms with Crippen LogP contribution < -0.4 is 4.74 Å². The molecule has 33 heavy (non-hydrogen) atoms. The van der Waals surface area contributed by atoms with Gasteiger partial charge in [0.25, 0.3) is 0 Å². The van der Waals surface area contributed by atoms with Crippen LogP contribution in [0.25, 0.3) is 34.4 Å². The lowest BCUT2D eigenvalue weighted by Gasteiger charge is -2.11. The van der Waals surface area contributed by atoms with Crippen molar-refractivity contribution < 1.29 is 23.4 Å². The summed E-state index contributed by atoms with van der Waals surface area (Å²) in [5, 5.41) is 10.3. The molecule has 0 saturated heterocycles. The Kier molecular flexibility index (Phi) is 7.38. The number of ether oxygens (including phenoxy) is 1. The molecule has 3 aromatic carbocycles. The van der Waals surface area contributed by atoms with Gasteiger partial charge < -0.3 is 14.3 Å². The minimum atomic E-state index is -1.00. The third-order valence-electron chi connectivity index (χ3n) is 5.01. The number of halogens is 3. The maximum absolute atomic E-state index is 13.7. The molecule has 168 valence electrons. The molecule has 0 bridgehead atoms. The van der Waals surface area contributed by atoms with Crippen LogP contribution in [0.2, 0.25) is 0 Å². The highest BCUT2D eigenvalue weighted by Gasteiger charge is 2.14. The molecule has 0 aliphatic rings. The zero-order valence-electron chi connectivity index (χ0n) is 17.6. The molecule has 4 aromatic rings. The Morgan fingerprint density at radius 3 is 2.64 bits per heavy atom. The lowest BCUT2D eigenvalue weighted by Crippen LogP contribution is -2.03. The van der Waals surface area contributed by atoms with Crippen LogP contribution in [0.5, 0.6) is 5.75 Å². The Labute approximate surface area is 217 Å². The summed E-state index contributed by atoms with van der Waals surface area (Å²) >= 11 is 4.30. The van der Waals surface area contributed by atoms with Crippen molar-refractivity contribution in [2.75, 3.05) is 6.61 Å². The fourth-order valence-electron chi connectivity index (χ4n) is 3.45. The lowest BCUT2D eigenvalue weighted by molar-refractivity contribution is 0.0696. The van der Waals surface area contributed by atoms with Gasteiger partial charge in [0.1, 0.15) is 22.9 Å². The average Bonchev–Trinajstić information content (AvgIpc) is 3.21. The molecule has 0 unspecified atom stereocenters. The van der Waals surface area contributed by atoms with E-state index >= 15 is 0 Å². The highest BCUT2D eigenvalue weighted by atomic mass is 127. The molecule has 4 rings (SSSR count). The number of carboxylic acids is 1. The molecule has 0 aliphatic carbocycles. The smallest absolute Gasteiger partial charge is 0.336 e. The average molecular weight is 668 g/mol. The van der Waals surface area contributed by atoms with Gasteiger partial charge in [0.05, 0.1) is 15.7 Å². The summed E-state index contributed by atoms with van der Waals surface area (Å²) in [6, 6.07) is 15.6. The van der Waals surface area contributed by atoms with Crippen LogP contribution >= 0.6 is 45.2 Å². The van der Waals surface area contributed by atoms with Crippen molar-refractivity contribution in [3.8, 4) is 17.1 Å². The van der Waals surface area contributed by atoms with Crippen LogP contribution in [-0.4, -0.2) is 17.7 Å². The van der Waals surface area contributed by atoms with Gasteiger partial charge in [-0.3, -0.25) is 0 Å². The van der Waals surface area contributed by atoms with Gasteiger partial charge in [-0.25, -0.2) is 9.18 Å². The Hall–Kier alpha value is -2.40. The largest absolute Gasteiger partial charge is 0.493 e. The number of benzene rings is 3. The van der Waals surface area contributed by atoms with Crippen LogP contribution in [-0.2, 0) is 0 Å². The molecule has 0 spiro atoms. The zero-order valence-corrected chi connectivity index (χ0v) is 21.9. The van der Waals surface area contributed by atoms with Gasteiger partial charge in [-0.15, -0.1) is 0 Å². The summed E-state index contributed by atoms with van der Waals surface area (Å²) in [6.45, 7) is 2.51. The molecule has 0 radical (unpaired) electrons. The Morgan fingerprint density at radius 2 is 1.91 bits per heavy atom. The topological polar surface area (TPSA) is 59.7 Å². The normalized spacial score (nSPS) is 11.4. The number of rotatable bonds is 7. The number of furan rings is 1. The number of fused-ring (bicyclic) bond motifs is 1. The third-order valence-corrected chi connectivity index (χ3v) is 6.74. The Bertz CT molecular complexity index is 1370. The van der Waals surface area contributed by atoms with Crippen molar-refractivity contribution in [3.05, 3.63) is 84.2 Å². The van der Waals surface area contributed by atoms with E-state index in [1.54, 1.807) is 24.3 Å². The third kappa shape index (κ3) is 5.24. The molecule has 0 atom stereocenters. The Balaban J connectivity index is 1.68. The van der Waals surface area contributed by atoms with Crippen LogP contribution in [0, 0.1) is 13.0 Å². The molecular formula is C26H19FI2O4. The molecule has 0 amide bonds. The van der Waals surface area contributed by atoms with Crippen molar-refractivity contribution in [1.29, 1.82) is 0 Å². The lowest BCUT2D eigenvalue weighted by atomic mass is 10.0. The highest BCUT2D eigenvalue weighted by molar-refractivity contribution is 14.1. The van der Waals surface area contributed by atoms with Crippen LogP contribution in [0.4, 0.5) is 4.39 Å². The first-order valence-corrected chi connectivity index (χ1v) is 12.4. The van der Waals surface area contributed by atoms with E-state index in [1.807, 2.05) is 37.3 Å². The van der Waals surface area contributed by atoms with Crippen molar-refractivity contribution in [2.45, 2.75) is 13.3 Å². The van der Waals surface area contributed by atoms with Crippen LogP contribution in [0.15, 0.2) is 59.0 Å². The molecule has 1 heterocycles. The fraction of sp³-hybridized carbons (Fsp3) is 0.115. The van der Waals surface area contributed by atoms with Gasteiger partial charge in [-0.2, -0.15) is 0 Å². The van der Waals surface area contributed by atoms with E-state index in [-0.39, 0.29) is 11.4 Å². The quantitative estimate of drug-likeness (QED) is 0.160. The summed E-state index contributed by atoms with van der Waals surface area (Å²) in [6.07, 6.45) is 4.48. The second-order valence-corrected chi connectivity index (χ2v) is 9.68. The Morgan fingerprint density at radius 1 is 1.09 bits per heavy atom. The summed E-state index contributed by atoms with van der Waals surface area (Å²) in [7, 11) is 0. The van der Waals surface area contributed by atoms with Crippen molar-refractivity contribution in [1.82, 2.24) is 0 Å². The molecule has 0 fully saturated rings. The van der Waals surface area contributed by atoms with Gasteiger partial charge >= 0.3 is 5.97 Å². The molecular weight excluding hydrogens is 649 g/mol. The predicted molar refractivity (Wildman–Crippen MR) is 145 cm³/mol. The minimum Gasteiger partial charge on any atom is -0.493 e.